The Morgan fingerprint density at radius 2 is 1.96 bits per heavy atom. The van der Waals surface area contributed by atoms with Gasteiger partial charge in [0, 0.05) is 0 Å². The Morgan fingerprint density at radius 1 is 1.33 bits per heavy atom. The Balaban J connectivity index is 2.27. The summed E-state index contributed by atoms with van der Waals surface area (Å²) in [5, 5.41) is 20.5. The maximum absolute atomic E-state index is 10.6. The molecule has 138 valence electrons. The molecule has 2 nitrogen and oxygen atoms in total. The van der Waals surface area contributed by atoms with E-state index in [1.807, 2.05) is 0 Å². The quantitative estimate of drug-likeness (QED) is 0.524. The maximum atomic E-state index is 10.6. The lowest BCUT2D eigenvalue weighted by atomic mass is 9.48. The van der Waals surface area contributed by atoms with Gasteiger partial charge < -0.3 is 10.2 Å². The fourth-order valence-corrected chi connectivity index (χ4v) is 5.53. The Hall–Kier alpha value is -0.310. The second-order valence-electron chi connectivity index (χ2n) is 9.12. The Morgan fingerprint density at radius 3 is 2.54 bits per heavy atom. The fourth-order valence-electron chi connectivity index (χ4n) is 5.20. The van der Waals surface area contributed by atoms with Crippen LogP contribution < -0.4 is 0 Å². The molecule has 1 saturated carbocycles. The average Bonchev–Trinajstić information content (AvgIpc) is 2.49. The van der Waals surface area contributed by atoms with Crippen LogP contribution in [0.1, 0.15) is 73.1 Å². The summed E-state index contributed by atoms with van der Waals surface area (Å²) in [5.41, 5.74) is 3.57. The van der Waals surface area contributed by atoms with Crippen LogP contribution in [0.25, 0.3) is 0 Å². The van der Waals surface area contributed by atoms with E-state index in [4.69, 9.17) is 11.6 Å². The minimum Gasteiger partial charge on any atom is -0.389 e. The van der Waals surface area contributed by atoms with Gasteiger partial charge in [-0.15, -0.1) is 11.6 Å². The standard InChI is InChI=1S/C21H35ClO2/c1-14-7-8-17-19(3,4)15(2)9-11-20(17,5)16(14)10-12-21(6,24)18(23)13-22/h17-18,23-24H,2,7-13H2,1,3-6H3. The molecular formula is C21H35ClO2. The van der Waals surface area contributed by atoms with Crippen molar-refractivity contribution in [3.63, 3.8) is 0 Å². The van der Waals surface area contributed by atoms with E-state index in [-0.39, 0.29) is 16.7 Å². The third-order valence-corrected chi connectivity index (χ3v) is 7.55. The van der Waals surface area contributed by atoms with E-state index in [9.17, 15) is 10.2 Å². The zero-order valence-corrected chi connectivity index (χ0v) is 16.8. The van der Waals surface area contributed by atoms with Crippen LogP contribution in [-0.2, 0) is 0 Å². The highest BCUT2D eigenvalue weighted by Crippen LogP contribution is 2.61. The van der Waals surface area contributed by atoms with E-state index in [0.29, 0.717) is 12.3 Å². The lowest BCUT2D eigenvalue weighted by Crippen LogP contribution is -2.47. The third kappa shape index (κ3) is 3.34. The number of halogens is 1. The molecule has 2 N–H and O–H groups in total. The van der Waals surface area contributed by atoms with Gasteiger partial charge in [0.15, 0.2) is 0 Å². The summed E-state index contributed by atoms with van der Waals surface area (Å²) < 4.78 is 0. The van der Waals surface area contributed by atoms with Crippen molar-refractivity contribution in [2.24, 2.45) is 16.7 Å². The molecule has 24 heavy (non-hydrogen) atoms. The second-order valence-corrected chi connectivity index (χ2v) is 9.43. The minimum atomic E-state index is -1.13. The molecule has 0 aromatic rings. The van der Waals surface area contributed by atoms with Crippen LogP contribution in [0.15, 0.2) is 23.3 Å². The first kappa shape index (κ1) is 20.0. The average molecular weight is 355 g/mol. The Labute approximate surface area is 153 Å². The summed E-state index contributed by atoms with van der Waals surface area (Å²) in [5.74, 6) is 0.672. The minimum absolute atomic E-state index is 0.0672. The molecule has 0 spiro atoms. The van der Waals surface area contributed by atoms with Crippen molar-refractivity contribution in [2.45, 2.75) is 84.8 Å². The summed E-state index contributed by atoms with van der Waals surface area (Å²) in [4.78, 5) is 0. The number of hydrogen-bond donors (Lipinski definition) is 2. The highest BCUT2D eigenvalue weighted by Gasteiger charge is 2.51. The molecule has 4 atom stereocenters. The molecular weight excluding hydrogens is 320 g/mol. The number of allylic oxidation sites excluding steroid dienone is 3. The molecule has 0 saturated heterocycles. The zero-order valence-electron chi connectivity index (χ0n) is 16.1. The molecule has 4 unspecified atom stereocenters. The summed E-state index contributed by atoms with van der Waals surface area (Å²) in [6, 6.07) is 0. The van der Waals surface area contributed by atoms with Crippen molar-refractivity contribution < 1.29 is 10.2 Å². The topological polar surface area (TPSA) is 40.5 Å². The van der Waals surface area contributed by atoms with Crippen molar-refractivity contribution in [1.29, 1.82) is 0 Å². The lowest BCUT2D eigenvalue weighted by Gasteiger charge is -2.56. The van der Waals surface area contributed by atoms with Crippen LogP contribution in [0, 0.1) is 16.7 Å². The number of rotatable bonds is 5. The molecule has 0 aromatic carbocycles. The van der Waals surface area contributed by atoms with Crippen molar-refractivity contribution in [1.82, 2.24) is 0 Å². The van der Waals surface area contributed by atoms with E-state index in [0.717, 1.165) is 25.7 Å². The smallest absolute Gasteiger partial charge is 0.0959 e. The maximum Gasteiger partial charge on any atom is 0.0959 e. The highest BCUT2D eigenvalue weighted by molar-refractivity contribution is 6.18. The molecule has 2 aliphatic rings. The molecule has 0 aliphatic heterocycles. The second kappa shape index (κ2) is 6.78. The molecule has 1 fully saturated rings. The molecule has 0 amide bonds. The molecule has 2 aliphatic carbocycles. The van der Waals surface area contributed by atoms with Gasteiger partial charge in [-0.3, -0.25) is 0 Å². The van der Waals surface area contributed by atoms with Gasteiger partial charge in [-0.05, 0) is 69.1 Å². The SMILES string of the molecule is C=C1CCC2(C)C(CCC(C)(O)C(O)CCl)=C(C)CCC2C1(C)C. The number of aliphatic hydroxyl groups excluding tert-OH is 1. The van der Waals surface area contributed by atoms with Gasteiger partial charge in [0.25, 0.3) is 0 Å². The van der Waals surface area contributed by atoms with E-state index in [1.54, 1.807) is 6.92 Å². The molecule has 0 aromatic heterocycles. The van der Waals surface area contributed by atoms with Crippen molar-refractivity contribution >= 4 is 11.6 Å². The van der Waals surface area contributed by atoms with Gasteiger partial charge in [-0.2, -0.15) is 0 Å². The van der Waals surface area contributed by atoms with Gasteiger partial charge in [0.05, 0.1) is 17.6 Å². The highest BCUT2D eigenvalue weighted by atomic mass is 35.5. The molecule has 0 bridgehead atoms. The number of fused-ring (bicyclic) bond motifs is 1. The van der Waals surface area contributed by atoms with Crippen LogP contribution in [-0.4, -0.2) is 27.8 Å². The van der Waals surface area contributed by atoms with E-state index < -0.39 is 11.7 Å². The summed E-state index contributed by atoms with van der Waals surface area (Å²) in [6.45, 7) is 15.4. The number of hydrogen-bond acceptors (Lipinski definition) is 2. The first-order valence-corrected chi connectivity index (χ1v) is 9.84. The first-order chi connectivity index (χ1) is 11.0. The molecule has 0 radical (unpaired) electrons. The molecule has 2 rings (SSSR count). The van der Waals surface area contributed by atoms with E-state index in [1.165, 1.54) is 23.1 Å². The summed E-state index contributed by atoms with van der Waals surface area (Å²) in [6.07, 6.45) is 5.09. The van der Waals surface area contributed by atoms with Crippen LogP contribution in [0.3, 0.4) is 0 Å². The van der Waals surface area contributed by atoms with Crippen molar-refractivity contribution in [3.05, 3.63) is 23.3 Å². The first-order valence-electron chi connectivity index (χ1n) is 9.30. The Kier molecular flexibility index (Phi) is 5.65. The van der Waals surface area contributed by atoms with Gasteiger partial charge in [-0.1, -0.05) is 44.1 Å². The van der Waals surface area contributed by atoms with Crippen LogP contribution >= 0.6 is 11.6 Å². The van der Waals surface area contributed by atoms with E-state index >= 15 is 0 Å². The van der Waals surface area contributed by atoms with Crippen LogP contribution in [0.5, 0.6) is 0 Å². The van der Waals surface area contributed by atoms with Crippen LogP contribution in [0.2, 0.25) is 0 Å². The van der Waals surface area contributed by atoms with Gasteiger partial charge >= 0.3 is 0 Å². The number of alkyl halides is 1. The summed E-state index contributed by atoms with van der Waals surface area (Å²) in [7, 11) is 0. The predicted octanol–water partition coefficient (Wildman–Crippen LogP) is 5.23. The monoisotopic (exact) mass is 354 g/mol. The van der Waals surface area contributed by atoms with Crippen LogP contribution in [0.4, 0.5) is 0 Å². The third-order valence-electron chi connectivity index (χ3n) is 7.26. The van der Waals surface area contributed by atoms with E-state index in [2.05, 4.69) is 34.3 Å². The molecule has 0 heterocycles. The summed E-state index contributed by atoms with van der Waals surface area (Å²) >= 11 is 5.75. The van der Waals surface area contributed by atoms with Gasteiger partial charge in [-0.25, -0.2) is 0 Å². The number of aliphatic hydroxyl groups is 2. The van der Waals surface area contributed by atoms with Crippen molar-refractivity contribution in [2.75, 3.05) is 5.88 Å². The van der Waals surface area contributed by atoms with Gasteiger partial charge in [0.2, 0.25) is 0 Å². The van der Waals surface area contributed by atoms with Gasteiger partial charge in [0.1, 0.15) is 0 Å². The zero-order chi connectivity index (χ0) is 18.3. The molecule has 3 heteroatoms. The lowest BCUT2D eigenvalue weighted by molar-refractivity contribution is -0.0572. The fraction of sp³-hybridized carbons (Fsp3) is 0.810. The van der Waals surface area contributed by atoms with Crippen molar-refractivity contribution in [3.8, 4) is 0 Å². The Bertz CT molecular complexity index is 532. The predicted molar refractivity (Wildman–Crippen MR) is 102 cm³/mol. The largest absolute Gasteiger partial charge is 0.389 e. The normalized spacial score (nSPS) is 33.8.